The van der Waals surface area contributed by atoms with E-state index in [1.165, 1.54) is 18.2 Å². The highest BCUT2D eigenvalue weighted by Gasteiger charge is 2.31. The Bertz CT molecular complexity index is 1110. The predicted octanol–water partition coefficient (Wildman–Crippen LogP) is 3.14. The molecule has 0 fully saturated rings. The van der Waals surface area contributed by atoms with E-state index in [9.17, 15) is 18.0 Å². The maximum atomic E-state index is 12.9. The number of ketones is 1. The predicted molar refractivity (Wildman–Crippen MR) is 99.7 cm³/mol. The number of hydrogen-bond donors (Lipinski definition) is 2. The van der Waals surface area contributed by atoms with Crippen LogP contribution in [0.5, 0.6) is 5.75 Å². The molecule has 0 bridgehead atoms. The molecule has 1 heterocycles. The maximum absolute atomic E-state index is 12.9. The highest BCUT2D eigenvalue weighted by atomic mass is 35.5. The molecule has 0 aromatic heterocycles. The van der Waals surface area contributed by atoms with Crippen molar-refractivity contribution < 1.29 is 32.6 Å². The Labute approximate surface area is 169 Å². The van der Waals surface area contributed by atoms with Crippen molar-refractivity contribution in [1.29, 1.82) is 0 Å². The Morgan fingerprint density at radius 1 is 1.29 bits per heavy atom. The number of carboxylic acid groups (broad SMARTS) is 1. The van der Waals surface area contributed by atoms with Crippen molar-refractivity contribution in [3.8, 4) is 5.75 Å². The minimum absolute atomic E-state index is 0.0203. The van der Waals surface area contributed by atoms with Gasteiger partial charge in [-0.15, -0.1) is 0 Å². The molecule has 0 aliphatic carbocycles. The molecule has 148 valence electrons. The number of fused-ring (bicyclic) bond motifs is 1. The zero-order chi connectivity index (χ0) is 20.8. The van der Waals surface area contributed by atoms with Crippen LogP contribution in [0.1, 0.15) is 27.0 Å². The zero-order valence-corrected chi connectivity index (χ0v) is 16.6. The Morgan fingerprint density at radius 2 is 1.96 bits per heavy atom. The van der Waals surface area contributed by atoms with Crippen molar-refractivity contribution in [2.24, 2.45) is 5.14 Å². The molecule has 0 saturated carbocycles. The molecule has 0 radical (unpaired) electrons. The number of ether oxygens (including phenoxy) is 2. The summed E-state index contributed by atoms with van der Waals surface area (Å²) < 4.78 is 33.3. The van der Waals surface area contributed by atoms with Crippen LogP contribution in [0.2, 0.25) is 10.0 Å². The lowest BCUT2D eigenvalue weighted by molar-refractivity contribution is -0.0396. The molecule has 8 nitrogen and oxygen atoms in total. The number of rotatable bonds is 4. The first-order valence-electron chi connectivity index (χ1n) is 7.74. The molecular weight excluding hydrogens is 433 g/mol. The van der Waals surface area contributed by atoms with Crippen LogP contribution >= 0.6 is 23.2 Å². The van der Waals surface area contributed by atoms with Crippen LogP contribution in [0.3, 0.4) is 0 Å². The van der Waals surface area contributed by atoms with E-state index in [1.807, 2.05) is 0 Å². The minimum atomic E-state index is -4.13. The summed E-state index contributed by atoms with van der Waals surface area (Å²) in [5.41, 5.74) is 1.09. The average molecular weight is 446 g/mol. The number of primary sulfonamides is 1. The summed E-state index contributed by atoms with van der Waals surface area (Å²) in [6.45, 7) is 1.61. The smallest absolute Gasteiger partial charge is 0.454 e. The van der Waals surface area contributed by atoms with Gasteiger partial charge in [0.1, 0.15) is 10.6 Å². The fourth-order valence-corrected chi connectivity index (χ4v) is 4.17. The van der Waals surface area contributed by atoms with Gasteiger partial charge < -0.3 is 14.6 Å². The van der Waals surface area contributed by atoms with E-state index in [2.05, 4.69) is 4.74 Å². The fraction of sp³-hybridized carbons (Fsp3) is 0.176. The second-order valence-corrected chi connectivity index (χ2v) is 8.32. The molecule has 1 aliphatic rings. The lowest BCUT2D eigenvalue weighted by atomic mass is 9.97. The van der Waals surface area contributed by atoms with E-state index < -0.39 is 28.3 Å². The fourth-order valence-electron chi connectivity index (χ4n) is 2.88. The molecule has 0 amide bonds. The number of sulfonamides is 1. The zero-order valence-electron chi connectivity index (χ0n) is 14.2. The number of hydrogen-bond acceptors (Lipinski definition) is 6. The van der Waals surface area contributed by atoms with Crippen LogP contribution < -0.4 is 9.88 Å². The van der Waals surface area contributed by atoms with Gasteiger partial charge in [-0.1, -0.05) is 23.2 Å². The van der Waals surface area contributed by atoms with Crippen LogP contribution in [-0.2, 0) is 21.2 Å². The molecule has 3 rings (SSSR count). The monoisotopic (exact) mass is 445 g/mol. The van der Waals surface area contributed by atoms with Gasteiger partial charge in [0.05, 0.1) is 16.5 Å². The summed E-state index contributed by atoms with van der Waals surface area (Å²) >= 11 is 12.2. The summed E-state index contributed by atoms with van der Waals surface area (Å²) in [4.78, 5) is 23.3. The molecule has 1 aliphatic heterocycles. The quantitative estimate of drug-likeness (QED) is 0.545. The summed E-state index contributed by atoms with van der Waals surface area (Å²) in [5, 5.41) is 13.8. The van der Waals surface area contributed by atoms with Crippen LogP contribution in [-0.4, -0.2) is 31.8 Å². The van der Waals surface area contributed by atoms with Crippen molar-refractivity contribution in [2.45, 2.75) is 24.5 Å². The normalized spacial score (nSPS) is 15.6. The highest BCUT2D eigenvalue weighted by molar-refractivity contribution is 7.89. The van der Waals surface area contributed by atoms with E-state index in [0.717, 1.165) is 6.07 Å². The van der Waals surface area contributed by atoms with Gasteiger partial charge in [0, 0.05) is 22.3 Å². The van der Waals surface area contributed by atoms with Crippen molar-refractivity contribution in [2.75, 3.05) is 0 Å². The number of carbonyl (C=O) groups is 2. The summed E-state index contributed by atoms with van der Waals surface area (Å²) in [6.07, 6.45) is -2.44. The Hall–Kier alpha value is -2.33. The molecule has 11 heteroatoms. The molecule has 1 unspecified atom stereocenters. The van der Waals surface area contributed by atoms with Crippen molar-refractivity contribution in [3.63, 3.8) is 0 Å². The van der Waals surface area contributed by atoms with Crippen LogP contribution in [0.4, 0.5) is 4.79 Å². The van der Waals surface area contributed by atoms with Gasteiger partial charge >= 0.3 is 6.16 Å². The SMILES string of the molecule is Cc1c(Cl)c(C(=O)c2ccc(Cl)c(S(N)(=O)=O)c2)cc2c1OC(OC(=O)O)C2. The third-order valence-electron chi connectivity index (χ3n) is 4.13. The molecule has 1 atom stereocenters. The van der Waals surface area contributed by atoms with Crippen LogP contribution in [0.25, 0.3) is 0 Å². The van der Waals surface area contributed by atoms with Gasteiger partial charge in [0.25, 0.3) is 6.29 Å². The number of halogens is 2. The first-order valence-corrected chi connectivity index (χ1v) is 10.0. The molecule has 0 spiro atoms. The molecule has 28 heavy (non-hydrogen) atoms. The van der Waals surface area contributed by atoms with Crippen molar-refractivity contribution in [1.82, 2.24) is 0 Å². The summed E-state index contributed by atoms with van der Waals surface area (Å²) in [6, 6.07) is 5.14. The molecule has 2 aromatic rings. The largest absolute Gasteiger partial charge is 0.508 e. The van der Waals surface area contributed by atoms with E-state index in [4.69, 9.17) is 38.2 Å². The van der Waals surface area contributed by atoms with E-state index in [0.29, 0.717) is 16.9 Å². The molecule has 0 saturated heterocycles. The third-order valence-corrected chi connectivity index (χ3v) is 6.01. The van der Waals surface area contributed by atoms with Crippen molar-refractivity contribution >= 4 is 45.2 Å². The van der Waals surface area contributed by atoms with Gasteiger partial charge in [-0.25, -0.2) is 18.4 Å². The second-order valence-electron chi connectivity index (χ2n) is 6.01. The van der Waals surface area contributed by atoms with Crippen LogP contribution in [0.15, 0.2) is 29.2 Å². The van der Waals surface area contributed by atoms with E-state index >= 15 is 0 Å². The van der Waals surface area contributed by atoms with Crippen LogP contribution in [0, 0.1) is 6.92 Å². The van der Waals surface area contributed by atoms with Gasteiger partial charge in [-0.2, -0.15) is 0 Å². The van der Waals surface area contributed by atoms with E-state index in [-0.39, 0.29) is 32.5 Å². The lowest BCUT2D eigenvalue weighted by Crippen LogP contribution is -2.20. The Morgan fingerprint density at radius 3 is 2.57 bits per heavy atom. The number of carbonyl (C=O) groups excluding carboxylic acids is 1. The average Bonchev–Trinajstić information content (AvgIpc) is 2.98. The Kier molecular flexibility index (Phi) is 5.28. The number of benzene rings is 2. The van der Waals surface area contributed by atoms with E-state index in [1.54, 1.807) is 6.92 Å². The third kappa shape index (κ3) is 3.79. The van der Waals surface area contributed by atoms with Gasteiger partial charge in [0.2, 0.25) is 10.0 Å². The first kappa shape index (κ1) is 20.4. The molecule has 3 N–H and O–H groups in total. The van der Waals surface area contributed by atoms with Crippen molar-refractivity contribution in [3.05, 3.63) is 56.6 Å². The Balaban J connectivity index is 2.03. The summed E-state index contributed by atoms with van der Waals surface area (Å²) in [5.74, 6) is -0.214. The topological polar surface area (TPSA) is 133 Å². The number of nitrogens with two attached hydrogens (primary N) is 1. The minimum Gasteiger partial charge on any atom is -0.454 e. The van der Waals surface area contributed by atoms with Gasteiger partial charge in [-0.05, 0) is 31.2 Å². The van der Waals surface area contributed by atoms with Gasteiger partial charge in [-0.3, -0.25) is 4.79 Å². The lowest BCUT2D eigenvalue weighted by Gasteiger charge is -2.12. The molecule has 2 aromatic carbocycles. The standard InChI is InChI=1S/C17H13Cl2NO7S/c1-7-14(19)10(4-9-6-13(26-16(7)9)27-17(22)23)15(21)8-2-3-11(18)12(5-8)28(20,24)25/h2-5,13H,6H2,1H3,(H,22,23)(H2,20,24,25). The van der Waals surface area contributed by atoms with Gasteiger partial charge in [0.15, 0.2) is 5.78 Å². The second kappa shape index (κ2) is 7.25. The molecular formula is C17H13Cl2NO7S. The summed E-state index contributed by atoms with van der Waals surface area (Å²) in [7, 11) is -4.13. The maximum Gasteiger partial charge on any atom is 0.508 e. The highest BCUT2D eigenvalue weighted by Crippen LogP contribution is 2.39. The first-order chi connectivity index (χ1) is 13.0.